The van der Waals surface area contributed by atoms with Gasteiger partial charge >= 0.3 is 0 Å². The van der Waals surface area contributed by atoms with E-state index in [9.17, 15) is 9.70 Å². The maximum Gasteiger partial charge on any atom is 0.242 e. The predicted octanol–water partition coefficient (Wildman–Crippen LogP) is 1.85. The maximum absolute atomic E-state index is 10.9. The summed E-state index contributed by atoms with van der Waals surface area (Å²) in [6.07, 6.45) is 5.26. The Bertz CT molecular complexity index is 176. The van der Waals surface area contributed by atoms with E-state index in [1.54, 1.807) is 0 Å². The fraction of sp³-hybridized carbons (Fsp3) is 0.875. The molecule has 0 saturated heterocycles. The molecule has 1 saturated carbocycles. The van der Waals surface area contributed by atoms with Crippen LogP contribution in [0.15, 0.2) is 5.29 Å². The molecule has 12 heavy (non-hydrogen) atoms. The summed E-state index contributed by atoms with van der Waals surface area (Å²) in [4.78, 5) is 21.2. The van der Waals surface area contributed by atoms with Crippen molar-refractivity contribution in [3.63, 3.8) is 0 Å². The van der Waals surface area contributed by atoms with Crippen LogP contribution < -0.4 is 0 Å². The molecule has 0 N–H and O–H groups in total. The van der Waals surface area contributed by atoms with E-state index < -0.39 is 0 Å². The molecule has 0 atom stereocenters. The third-order valence-electron chi connectivity index (χ3n) is 2.33. The van der Waals surface area contributed by atoms with Gasteiger partial charge in [-0.1, -0.05) is 19.3 Å². The van der Waals surface area contributed by atoms with E-state index >= 15 is 0 Å². The quantitative estimate of drug-likeness (QED) is 0.469. The summed E-state index contributed by atoms with van der Waals surface area (Å²) in [6.45, 7) is 1.38. The van der Waals surface area contributed by atoms with Gasteiger partial charge in [-0.25, -0.2) is 0 Å². The molecule has 0 aliphatic heterocycles. The molecule has 0 bridgehead atoms. The Morgan fingerprint density at radius 2 is 1.92 bits per heavy atom. The number of hydrogen-bond donors (Lipinski definition) is 0. The summed E-state index contributed by atoms with van der Waals surface area (Å²) in [7, 11) is 0. The van der Waals surface area contributed by atoms with Gasteiger partial charge in [-0.3, -0.25) is 4.79 Å². The molecule has 4 heteroatoms. The van der Waals surface area contributed by atoms with E-state index in [4.69, 9.17) is 0 Å². The maximum atomic E-state index is 10.9. The lowest BCUT2D eigenvalue weighted by atomic mass is 9.95. The lowest BCUT2D eigenvalue weighted by Crippen LogP contribution is -2.35. The number of nitroso groups, excluding NO2 is 1. The van der Waals surface area contributed by atoms with Gasteiger partial charge < -0.3 is 0 Å². The predicted molar refractivity (Wildman–Crippen MR) is 45.2 cm³/mol. The lowest BCUT2D eigenvalue weighted by Gasteiger charge is -2.26. The summed E-state index contributed by atoms with van der Waals surface area (Å²) < 4.78 is 0. The number of amides is 1. The third kappa shape index (κ3) is 2.03. The number of hydrogen-bond acceptors (Lipinski definition) is 3. The minimum absolute atomic E-state index is 0.0637. The largest absolute Gasteiger partial charge is 0.273 e. The molecule has 0 aromatic rings. The number of nitrogens with zero attached hydrogens (tertiary/aromatic N) is 2. The number of carbonyl (C=O) groups excluding carboxylic acids is 1. The zero-order valence-corrected chi connectivity index (χ0v) is 7.32. The molecular weight excluding hydrogens is 156 g/mol. The number of rotatable bonds is 2. The fourth-order valence-corrected chi connectivity index (χ4v) is 1.71. The van der Waals surface area contributed by atoms with Crippen LogP contribution in [0, 0.1) is 4.91 Å². The van der Waals surface area contributed by atoms with Crippen molar-refractivity contribution in [2.75, 3.05) is 0 Å². The molecule has 68 valence electrons. The van der Waals surface area contributed by atoms with E-state index in [-0.39, 0.29) is 11.9 Å². The van der Waals surface area contributed by atoms with Crippen molar-refractivity contribution in [2.45, 2.75) is 45.1 Å². The van der Waals surface area contributed by atoms with Gasteiger partial charge in [0.15, 0.2) is 0 Å². The molecule has 1 aliphatic carbocycles. The number of carbonyl (C=O) groups is 1. The highest BCUT2D eigenvalue weighted by Crippen LogP contribution is 2.22. The van der Waals surface area contributed by atoms with E-state index in [1.165, 1.54) is 13.3 Å². The van der Waals surface area contributed by atoms with Crippen LogP contribution in [-0.2, 0) is 4.79 Å². The normalized spacial score (nSPS) is 18.8. The Morgan fingerprint density at radius 1 is 1.33 bits per heavy atom. The lowest BCUT2D eigenvalue weighted by molar-refractivity contribution is -0.131. The van der Waals surface area contributed by atoms with Crippen molar-refractivity contribution in [2.24, 2.45) is 5.29 Å². The standard InChI is InChI=1S/C8H14N2O2/c1-7(11)10(9-12)8-5-3-2-4-6-8/h8H,2-6H2,1H3. The van der Waals surface area contributed by atoms with Crippen LogP contribution in [0.1, 0.15) is 39.0 Å². The molecule has 0 heterocycles. The van der Waals surface area contributed by atoms with Gasteiger partial charge in [0.2, 0.25) is 5.91 Å². The van der Waals surface area contributed by atoms with Gasteiger partial charge in [-0.05, 0) is 12.8 Å². The second-order valence-corrected chi connectivity index (χ2v) is 3.24. The van der Waals surface area contributed by atoms with E-state index in [2.05, 4.69) is 5.29 Å². The molecular formula is C8H14N2O2. The Kier molecular flexibility index (Phi) is 3.19. The summed E-state index contributed by atoms with van der Waals surface area (Å²) in [5.74, 6) is -0.239. The van der Waals surface area contributed by atoms with Crippen molar-refractivity contribution < 1.29 is 4.79 Å². The first-order valence-electron chi connectivity index (χ1n) is 4.39. The van der Waals surface area contributed by atoms with Crippen LogP contribution in [0.3, 0.4) is 0 Å². The van der Waals surface area contributed by atoms with E-state index in [1.807, 2.05) is 0 Å². The van der Waals surface area contributed by atoms with E-state index in [0.29, 0.717) is 0 Å². The second-order valence-electron chi connectivity index (χ2n) is 3.24. The highest BCUT2D eigenvalue weighted by molar-refractivity contribution is 5.73. The average Bonchev–Trinajstić information content (AvgIpc) is 2.07. The molecule has 0 aromatic heterocycles. The summed E-state index contributed by atoms with van der Waals surface area (Å²) in [5.41, 5.74) is 0. The van der Waals surface area contributed by atoms with Crippen LogP contribution in [0.4, 0.5) is 0 Å². The topological polar surface area (TPSA) is 49.7 Å². The Balaban J connectivity index is 2.51. The minimum Gasteiger partial charge on any atom is -0.273 e. The molecule has 1 aliphatic rings. The van der Waals surface area contributed by atoms with Crippen LogP contribution in [0.5, 0.6) is 0 Å². The van der Waals surface area contributed by atoms with Crippen LogP contribution in [-0.4, -0.2) is 17.0 Å². The van der Waals surface area contributed by atoms with Crippen LogP contribution >= 0.6 is 0 Å². The highest BCUT2D eigenvalue weighted by Gasteiger charge is 2.23. The third-order valence-corrected chi connectivity index (χ3v) is 2.33. The van der Waals surface area contributed by atoms with E-state index in [0.717, 1.165) is 30.7 Å². The van der Waals surface area contributed by atoms with Crippen molar-refractivity contribution in [1.82, 2.24) is 5.01 Å². The second kappa shape index (κ2) is 4.18. The zero-order valence-electron chi connectivity index (χ0n) is 7.32. The van der Waals surface area contributed by atoms with Gasteiger partial charge in [0.1, 0.15) is 0 Å². The molecule has 1 rings (SSSR count). The monoisotopic (exact) mass is 170 g/mol. The van der Waals surface area contributed by atoms with Crippen molar-refractivity contribution in [3.05, 3.63) is 4.91 Å². The van der Waals surface area contributed by atoms with Crippen molar-refractivity contribution >= 4 is 5.91 Å². The summed E-state index contributed by atoms with van der Waals surface area (Å²) in [5, 5.41) is 3.83. The van der Waals surface area contributed by atoms with Crippen LogP contribution in [0.2, 0.25) is 0 Å². The fourth-order valence-electron chi connectivity index (χ4n) is 1.71. The van der Waals surface area contributed by atoms with Gasteiger partial charge in [0.25, 0.3) is 0 Å². The first kappa shape index (κ1) is 9.16. The van der Waals surface area contributed by atoms with Gasteiger partial charge in [-0.15, -0.1) is 4.91 Å². The van der Waals surface area contributed by atoms with Crippen molar-refractivity contribution in [1.29, 1.82) is 0 Å². The van der Waals surface area contributed by atoms with Gasteiger partial charge in [-0.2, -0.15) is 5.01 Å². The Hall–Kier alpha value is -0.930. The first-order valence-corrected chi connectivity index (χ1v) is 4.39. The summed E-state index contributed by atoms with van der Waals surface area (Å²) >= 11 is 0. The van der Waals surface area contributed by atoms with Crippen molar-refractivity contribution in [3.8, 4) is 0 Å². The zero-order chi connectivity index (χ0) is 8.97. The molecule has 0 aromatic carbocycles. The molecule has 0 radical (unpaired) electrons. The average molecular weight is 170 g/mol. The van der Waals surface area contributed by atoms with Gasteiger partial charge in [0.05, 0.1) is 11.3 Å². The SMILES string of the molecule is CC(=O)N(N=O)C1CCCCC1. The Labute approximate surface area is 71.9 Å². The minimum atomic E-state index is -0.239. The molecule has 1 fully saturated rings. The first-order chi connectivity index (χ1) is 5.75. The summed E-state index contributed by atoms with van der Waals surface area (Å²) in [6, 6.07) is 0.0637. The van der Waals surface area contributed by atoms with Gasteiger partial charge in [0, 0.05) is 6.92 Å². The smallest absolute Gasteiger partial charge is 0.242 e. The Morgan fingerprint density at radius 3 is 2.33 bits per heavy atom. The molecule has 1 amide bonds. The highest BCUT2D eigenvalue weighted by atomic mass is 16.3. The molecule has 4 nitrogen and oxygen atoms in total. The molecule has 0 spiro atoms. The molecule has 0 unspecified atom stereocenters. The van der Waals surface area contributed by atoms with Crippen LogP contribution in [0.25, 0.3) is 0 Å².